The number of sulfonamides is 1. The maximum Gasteiger partial charge on any atom is 0.262 e. The average Bonchev–Trinajstić information content (AvgIpc) is 3.17. The van der Waals surface area contributed by atoms with Gasteiger partial charge in [-0.05, 0) is 49.0 Å². The molecule has 1 N–H and O–H groups in total. The summed E-state index contributed by atoms with van der Waals surface area (Å²) in [6.45, 7) is 6.42. The zero-order valence-corrected chi connectivity index (χ0v) is 19.1. The summed E-state index contributed by atoms with van der Waals surface area (Å²) in [7, 11) is -4.04. The van der Waals surface area contributed by atoms with Crippen molar-refractivity contribution in [3.05, 3.63) is 71.7 Å². The molecule has 9 heteroatoms. The van der Waals surface area contributed by atoms with Gasteiger partial charge in [0.05, 0.1) is 16.1 Å². The van der Waals surface area contributed by atoms with Gasteiger partial charge in [0, 0.05) is 18.2 Å². The fourth-order valence-corrected chi connectivity index (χ4v) is 4.96. The number of nitrogens with one attached hydrogen (secondary N) is 1. The van der Waals surface area contributed by atoms with Crippen LogP contribution in [0.15, 0.2) is 58.1 Å². The molecule has 0 aliphatic carbocycles. The van der Waals surface area contributed by atoms with Crippen LogP contribution in [0.3, 0.4) is 0 Å². The lowest BCUT2D eigenvalue weighted by molar-refractivity contribution is 0.266. The first-order chi connectivity index (χ1) is 15.8. The van der Waals surface area contributed by atoms with Crippen LogP contribution in [0.1, 0.15) is 25.2 Å². The van der Waals surface area contributed by atoms with Gasteiger partial charge in [0.15, 0.2) is 11.6 Å². The van der Waals surface area contributed by atoms with Crippen LogP contribution in [0, 0.1) is 11.6 Å². The van der Waals surface area contributed by atoms with Crippen molar-refractivity contribution in [3.63, 3.8) is 0 Å². The highest BCUT2D eigenvalue weighted by Gasteiger charge is 2.26. The second kappa shape index (κ2) is 9.36. The molecular weight excluding hydrogens is 450 g/mol. The minimum Gasteiger partial charge on any atom is -0.485 e. The van der Waals surface area contributed by atoms with E-state index in [1.807, 2.05) is 19.9 Å². The van der Waals surface area contributed by atoms with Gasteiger partial charge < -0.3 is 14.1 Å². The number of hydrogen-bond donors (Lipinski definition) is 1. The highest BCUT2D eigenvalue weighted by molar-refractivity contribution is 7.92. The van der Waals surface area contributed by atoms with Crippen molar-refractivity contribution in [2.24, 2.45) is 0 Å². The van der Waals surface area contributed by atoms with Crippen molar-refractivity contribution in [2.75, 3.05) is 24.4 Å². The number of likely N-dealkylation sites (N-methyl/N-ethyl adjacent to an activating group) is 1. The third-order valence-electron chi connectivity index (χ3n) is 5.50. The standard InChI is InChI=1S/C24H24F2N2O4S/c1-3-28(4-2)11-5-6-16-12-17(25)7-10-23(16)33(29,30)27-18-8-9-19-21(13-18)32-15-22-24(19)20(26)14-31-22/h5-10,12-14,27H,3-4,11,15H2,1-2H3/b6-5-. The van der Waals surface area contributed by atoms with Crippen molar-refractivity contribution >= 4 is 21.8 Å². The number of benzene rings is 2. The predicted octanol–water partition coefficient (Wildman–Crippen LogP) is 5.27. The van der Waals surface area contributed by atoms with Gasteiger partial charge in [0.25, 0.3) is 10.0 Å². The van der Waals surface area contributed by atoms with Crippen molar-refractivity contribution in [3.8, 4) is 16.9 Å². The van der Waals surface area contributed by atoms with Gasteiger partial charge in [-0.2, -0.15) is 0 Å². The summed E-state index contributed by atoms with van der Waals surface area (Å²) in [5.74, 6) is -0.325. The summed E-state index contributed by atoms with van der Waals surface area (Å²) in [6, 6.07) is 8.10. The molecule has 2 aromatic carbocycles. The molecule has 2 heterocycles. The Kier molecular flexibility index (Phi) is 6.53. The number of furan rings is 1. The molecule has 174 valence electrons. The number of fused-ring (bicyclic) bond motifs is 3. The smallest absolute Gasteiger partial charge is 0.262 e. The number of anilines is 1. The maximum absolute atomic E-state index is 14.1. The molecule has 0 saturated carbocycles. The quantitative estimate of drug-likeness (QED) is 0.481. The third kappa shape index (κ3) is 4.79. The number of halogens is 2. The van der Waals surface area contributed by atoms with Gasteiger partial charge in [-0.1, -0.05) is 26.0 Å². The Labute approximate surface area is 191 Å². The molecule has 0 saturated heterocycles. The average molecular weight is 475 g/mol. The summed E-state index contributed by atoms with van der Waals surface area (Å²) in [5.41, 5.74) is 1.27. The van der Waals surface area contributed by atoms with Crippen LogP contribution in [0.5, 0.6) is 5.75 Å². The van der Waals surface area contributed by atoms with Gasteiger partial charge in [-0.25, -0.2) is 17.2 Å². The van der Waals surface area contributed by atoms with E-state index in [0.29, 0.717) is 29.2 Å². The monoisotopic (exact) mass is 474 g/mol. The molecule has 0 unspecified atom stereocenters. The fourth-order valence-electron chi connectivity index (χ4n) is 3.73. The lowest BCUT2D eigenvalue weighted by Gasteiger charge is -2.18. The molecule has 0 radical (unpaired) electrons. The largest absolute Gasteiger partial charge is 0.485 e. The number of hydrogen-bond acceptors (Lipinski definition) is 5. The van der Waals surface area contributed by atoms with Gasteiger partial charge in [0.2, 0.25) is 0 Å². The van der Waals surface area contributed by atoms with Crippen LogP contribution in [-0.4, -0.2) is 33.0 Å². The summed E-state index contributed by atoms with van der Waals surface area (Å²) in [6.07, 6.45) is 4.43. The van der Waals surface area contributed by atoms with Crippen LogP contribution in [0.4, 0.5) is 14.5 Å². The Morgan fingerprint density at radius 2 is 1.91 bits per heavy atom. The highest BCUT2D eigenvalue weighted by Crippen LogP contribution is 2.41. The van der Waals surface area contributed by atoms with E-state index in [0.717, 1.165) is 25.4 Å². The van der Waals surface area contributed by atoms with E-state index in [2.05, 4.69) is 9.62 Å². The van der Waals surface area contributed by atoms with E-state index in [1.165, 1.54) is 24.3 Å². The Bertz CT molecular complexity index is 1300. The molecule has 1 aromatic heterocycles. The Hall–Kier alpha value is -3.17. The highest BCUT2D eigenvalue weighted by atomic mass is 32.2. The molecule has 0 spiro atoms. The van der Waals surface area contributed by atoms with Gasteiger partial charge >= 0.3 is 0 Å². The lowest BCUT2D eigenvalue weighted by atomic mass is 10.0. The molecule has 0 amide bonds. The first-order valence-corrected chi connectivity index (χ1v) is 12.0. The summed E-state index contributed by atoms with van der Waals surface area (Å²) in [4.78, 5) is 2.09. The third-order valence-corrected chi connectivity index (χ3v) is 6.96. The zero-order chi connectivity index (χ0) is 23.6. The molecule has 33 heavy (non-hydrogen) atoms. The molecule has 0 atom stereocenters. The maximum atomic E-state index is 14.1. The van der Waals surface area contributed by atoms with Crippen LogP contribution in [0.25, 0.3) is 17.2 Å². The van der Waals surface area contributed by atoms with Crippen molar-refractivity contribution in [1.82, 2.24) is 4.90 Å². The van der Waals surface area contributed by atoms with Crippen molar-refractivity contribution < 1.29 is 26.4 Å². The second-order valence-corrected chi connectivity index (χ2v) is 9.21. The van der Waals surface area contributed by atoms with Crippen LogP contribution in [0.2, 0.25) is 0 Å². The molecule has 0 fully saturated rings. The SMILES string of the molecule is CCN(CC)C/C=C\c1cc(F)ccc1S(=O)(=O)Nc1ccc2c(c1)OCc1occ(F)c1-2. The van der Waals surface area contributed by atoms with E-state index < -0.39 is 21.7 Å². The molecule has 1 aliphatic rings. The Morgan fingerprint density at radius 1 is 1.12 bits per heavy atom. The second-order valence-electron chi connectivity index (χ2n) is 7.56. The number of rotatable bonds is 8. The Balaban J connectivity index is 1.61. The molecule has 1 aliphatic heterocycles. The van der Waals surface area contributed by atoms with Crippen molar-refractivity contribution in [2.45, 2.75) is 25.3 Å². The normalized spacial score (nSPS) is 13.1. The first kappa shape index (κ1) is 23.0. The van der Waals surface area contributed by atoms with E-state index >= 15 is 0 Å². The van der Waals surface area contributed by atoms with E-state index in [1.54, 1.807) is 12.1 Å². The van der Waals surface area contributed by atoms with Crippen LogP contribution >= 0.6 is 0 Å². The molecular formula is C24H24F2N2O4S. The van der Waals surface area contributed by atoms with E-state index in [-0.39, 0.29) is 22.8 Å². The topological polar surface area (TPSA) is 71.8 Å². The van der Waals surface area contributed by atoms with Gasteiger partial charge in [-0.3, -0.25) is 4.72 Å². The Morgan fingerprint density at radius 3 is 2.67 bits per heavy atom. The van der Waals surface area contributed by atoms with Crippen molar-refractivity contribution in [1.29, 1.82) is 0 Å². The number of ether oxygens (including phenoxy) is 1. The minimum absolute atomic E-state index is 0.0436. The van der Waals surface area contributed by atoms with E-state index in [9.17, 15) is 17.2 Å². The van der Waals surface area contributed by atoms with E-state index in [4.69, 9.17) is 9.15 Å². The summed E-state index contributed by atoms with van der Waals surface area (Å²) in [5, 5.41) is 0. The fraction of sp³-hybridized carbons (Fsp3) is 0.250. The molecule has 0 bridgehead atoms. The lowest BCUT2D eigenvalue weighted by Crippen LogP contribution is -2.22. The van der Waals surface area contributed by atoms with Crippen LogP contribution in [-0.2, 0) is 16.6 Å². The molecule has 6 nitrogen and oxygen atoms in total. The van der Waals surface area contributed by atoms with Gasteiger partial charge in [0.1, 0.15) is 24.4 Å². The minimum atomic E-state index is -4.04. The summed E-state index contributed by atoms with van der Waals surface area (Å²) >= 11 is 0. The predicted molar refractivity (Wildman–Crippen MR) is 122 cm³/mol. The van der Waals surface area contributed by atoms with Crippen LogP contribution < -0.4 is 9.46 Å². The molecule has 4 rings (SSSR count). The molecule has 3 aromatic rings. The van der Waals surface area contributed by atoms with Gasteiger partial charge in [-0.15, -0.1) is 0 Å². The zero-order valence-electron chi connectivity index (χ0n) is 18.3. The number of nitrogens with zero attached hydrogens (tertiary/aromatic N) is 1. The first-order valence-electron chi connectivity index (χ1n) is 10.6. The summed E-state index contributed by atoms with van der Waals surface area (Å²) < 4.78 is 67.5.